The Morgan fingerprint density at radius 1 is 1.11 bits per heavy atom. The zero-order chi connectivity index (χ0) is 13.9. The van der Waals surface area contributed by atoms with Gasteiger partial charge in [-0.25, -0.2) is 0 Å². The summed E-state index contributed by atoms with van der Waals surface area (Å²) < 4.78 is 10.1. The minimum absolute atomic E-state index is 0.133. The van der Waals surface area contributed by atoms with Crippen LogP contribution in [0.1, 0.15) is 31.7 Å². The second-order valence-corrected chi connectivity index (χ2v) is 4.58. The van der Waals surface area contributed by atoms with E-state index in [0.29, 0.717) is 6.42 Å². The Hall–Kier alpha value is -1.84. The Morgan fingerprint density at radius 2 is 1.63 bits per heavy atom. The molecule has 19 heavy (non-hydrogen) atoms. The average Bonchev–Trinajstić information content (AvgIpc) is 3.17. The fourth-order valence-corrected chi connectivity index (χ4v) is 2.41. The number of ether oxygens (including phenoxy) is 2. The standard InChI is InChI=1S/C15H18O4/c1-3-18-13(16)15(14(17)19-4-2)10-12(15)11-8-6-5-7-9-11/h5-9,12H,3-4,10H2,1-2H3. The molecular formula is C15H18O4. The quantitative estimate of drug-likeness (QED) is 0.603. The molecule has 0 amide bonds. The molecule has 4 nitrogen and oxygen atoms in total. The first-order valence-electron chi connectivity index (χ1n) is 6.56. The molecule has 0 N–H and O–H groups in total. The van der Waals surface area contributed by atoms with Crippen LogP contribution < -0.4 is 0 Å². The van der Waals surface area contributed by atoms with Crippen molar-refractivity contribution in [2.24, 2.45) is 5.41 Å². The second-order valence-electron chi connectivity index (χ2n) is 4.58. The summed E-state index contributed by atoms with van der Waals surface area (Å²) in [5.74, 6) is -1.07. The molecule has 0 aromatic heterocycles. The Morgan fingerprint density at radius 3 is 2.11 bits per heavy atom. The molecule has 0 spiro atoms. The molecular weight excluding hydrogens is 244 g/mol. The maximum atomic E-state index is 12.1. The van der Waals surface area contributed by atoms with Crippen LogP contribution in [0.4, 0.5) is 0 Å². The maximum absolute atomic E-state index is 12.1. The van der Waals surface area contributed by atoms with Gasteiger partial charge in [0.25, 0.3) is 0 Å². The summed E-state index contributed by atoms with van der Waals surface area (Å²) in [5.41, 5.74) is -0.156. The summed E-state index contributed by atoms with van der Waals surface area (Å²) in [7, 11) is 0. The van der Waals surface area contributed by atoms with Gasteiger partial charge in [-0.2, -0.15) is 0 Å². The van der Waals surface area contributed by atoms with E-state index < -0.39 is 17.4 Å². The molecule has 1 unspecified atom stereocenters. The van der Waals surface area contributed by atoms with Crippen molar-refractivity contribution >= 4 is 11.9 Å². The highest BCUT2D eigenvalue weighted by atomic mass is 16.6. The number of rotatable bonds is 5. The lowest BCUT2D eigenvalue weighted by Gasteiger charge is -2.14. The molecule has 0 aliphatic heterocycles. The fourth-order valence-electron chi connectivity index (χ4n) is 2.41. The summed E-state index contributed by atoms with van der Waals surface area (Å²) in [5, 5.41) is 0. The van der Waals surface area contributed by atoms with Crippen LogP contribution in [-0.4, -0.2) is 25.2 Å². The fraction of sp³-hybridized carbons (Fsp3) is 0.467. The molecule has 0 radical (unpaired) electrons. The van der Waals surface area contributed by atoms with Crippen LogP contribution in [-0.2, 0) is 19.1 Å². The van der Waals surface area contributed by atoms with E-state index in [1.165, 1.54) is 0 Å². The molecule has 0 bridgehead atoms. The largest absolute Gasteiger partial charge is 0.465 e. The highest BCUT2D eigenvalue weighted by molar-refractivity contribution is 6.05. The van der Waals surface area contributed by atoms with Crippen LogP contribution in [0.3, 0.4) is 0 Å². The zero-order valence-corrected chi connectivity index (χ0v) is 11.2. The average molecular weight is 262 g/mol. The van der Waals surface area contributed by atoms with Crippen molar-refractivity contribution in [3.63, 3.8) is 0 Å². The minimum atomic E-state index is -1.13. The van der Waals surface area contributed by atoms with Crippen molar-refractivity contribution in [3.8, 4) is 0 Å². The Bertz CT molecular complexity index is 448. The smallest absolute Gasteiger partial charge is 0.324 e. The first kappa shape index (κ1) is 13.6. The van der Waals surface area contributed by atoms with Crippen molar-refractivity contribution in [1.29, 1.82) is 0 Å². The Labute approximate surface area is 112 Å². The minimum Gasteiger partial charge on any atom is -0.465 e. The zero-order valence-electron chi connectivity index (χ0n) is 11.2. The summed E-state index contributed by atoms with van der Waals surface area (Å²) in [4.78, 5) is 24.2. The van der Waals surface area contributed by atoms with Crippen LogP contribution in [0.5, 0.6) is 0 Å². The van der Waals surface area contributed by atoms with Crippen molar-refractivity contribution < 1.29 is 19.1 Å². The number of hydrogen-bond donors (Lipinski definition) is 0. The molecule has 1 aromatic carbocycles. The summed E-state index contributed by atoms with van der Waals surface area (Å²) in [6, 6.07) is 9.54. The monoisotopic (exact) mass is 262 g/mol. The lowest BCUT2D eigenvalue weighted by atomic mass is 9.99. The number of carbonyl (C=O) groups excluding carboxylic acids is 2. The number of benzene rings is 1. The van der Waals surface area contributed by atoms with Gasteiger partial charge in [0, 0.05) is 5.92 Å². The van der Waals surface area contributed by atoms with Gasteiger partial charge in [-0.1, -0.05) is 30.3 Å². The van der Waals surface area contributed by atoms with Crippen molar-refractivity contribution in [2.75, 3.05) is 13.2 Å². The van der Waals surface area contributed by atoms with Gasteiger partial charge in [0.2, 0.25) is 0 Å². The predicted octanol–water partition coefficient (Wildman–Crippen LogP) is 2.29. The van der Waals surface area contributed by atoms with Crippen LogP contribution >= 0.6 is 0 Å². The van der Waals surface area contributed by atoms with Crippen LogP contribution in [0.15, 0.2) is 30.3 Å². The molecule has 1 aliphatic rings. The van der Waals surface area contributed by atoms with Gasteiger partial charge in [0.1, 0.15) is 0 Å². The van der Waals surface area contributed by atoms with Gasteiger partial charge in [-0.15, -0.1) is 0 Å². The first-order valence-corrected chi connectivity index (χ1v) is 6.56. The maximum Gasteiger partial charge on any atom is 0.324 e. The van der Waals surface area contributed by atoms with Crippen LogP contribution in [0.25, 0.3) is 0 Å². The van der Waals surface area contributed by atoms with E-state index in [1.807, 2.05) is 30.3 Å². The third kappa shape index (κ3) is 2.35. The van der Waals surface area contributed by atoms with Crippen molar-refractivity contribution in [3.05, 3.63) is 35.9 Å². The second kappa shape index (κ2) is 5.43. The molecule has 1 saturated carbocycles. The van der Waals surface area contributed by atoms with E-state index in [4.69, 9.17) is 9.47 Å². The third-order valence-corrected chi connectivity index (χ3v) is 3.44. The SMILES string of the molecule is CCOC(=O)C1(C(=O)OCC)CC1c1ccccc1. The topological polar surface area (TPSA) is 52.6 Å². The molecule has 1 aliphatic carbocycles. The summed E-state index contributed by atoms with van der Waals surface area (Å²) in [6.07, 6.45) is 0.467. The molecule has 1 aromatic rings. The Balaban J connectivity index is 2.24. The van der Waals surface area contributed by atoms with Crippen molar-refractivity contribution in [2.45, 2.75) is 26.2 Å². The number of hydrogen-bond acceptors (Lipinski definition) is 4. The van der Waals surface area contributed by atoms with Gasteiger partial charge < -0.3 is 9.47 Å². The van der Waals surface area contributed by atoms with Gasteiger partial charge in [0.05, 0.1) is 13.2 Å². The van der Waals surface area contributed by atoms with Crippen LogP contribution in [0, 0.1) is 5.41 Å². The molecule has 102 valence electrons. The van der Waals surface area contributed by atoms with Gasteiger partial charge >= 0.3 is 11.9 Å². The van der Waals surface area contributed by atoms with Crippen LogP contribution in [0.2, 0.25) is 0 Å². The van der Waals surface area contributed by atoms with E-state index in [2.05, 4.69) is 0 Å². The Kier molecular flexibility index (Phi) is 3.88. The van der Waals surface area contributed by atoms with Gasteiger partial charge in [-0.05, 0) is 25.8 Å². The lowest BCUT2D eigenvalue weighted by molar-refractivity contribution is -0.164. The molecule has 0 heterocycles. The van der Waals surface area contributed by atoms with E-state index in [1.54, 1.807) is 13.8 Å². The molecule has 2 rings (SSSR count). The highest BCUT2D eigenvalue weighted by Crippen LogP contribution is 2.60. The first-order chi connectivity index (χ1) is 9.16. The predicted molar refractivity (Wildman–Crippen MR) is 69.5 cm³/mol. The normalized spacial score (nSPS) is 19.6. The number of esters is 2. The molecule has 1 atom stereocenters. The molecule has 0 saturated heterocycles. The lowest BCUT2D eigenvalue weighted by Crippen LogP contribution is -2.31. The van der Waals surface area contributed by atoms with E-state index in [0.717, 1.165) is 5.56 Å². The van der Waals surface area contributed by atoms with E-state index >= 15 is 0 Å². The van der Waals surface area contributed by atoms with Gasteiger partial charge in [-0.3, -0.25) is 9.59 Å². The van der Waals surface area contributed by atoms with Gasteiger partial charge in [0.15, 0.2) is 5.41 Å². The summed E-state index contributed by atoms with van der Waals surface area (Å²) >= 11 is 0. The van der Waals surface area contributed by atoms with E-state index in [-0.39, 0.29) is 19.1 Å². The molecule has 1 fully saturated rings. The summed E-state index contributed by atoms with van der Waals surface area (Å²) in [6.45, 7) is 4.00. The highest BCUT2D eigenvalue weighted by Gasteiger charge is 2.68. The third-order valence-electron chi connectivity index (χ3n) is 3.44. The molecule has 4 heteroatoms. The number of carbonyl (C=O) groups is 2. The van der Waals surface area contributed by atoms with E-state index in [9.17, 15) is 9.59 Å². The van der Waals surface area contributed by atoms with Crippen molar-refractivity contribution in [1.82, 2.24) is 0 Å².